The van der Waals surface area contributed by atoms with Gasteiger partial charge in [-0.15, -0.1) is 0 Å². The average Bonchev–Trinajstić information content (AvgIpc) is 2.53. The maximum Gasteiger partial charge on any atom is 0.166 e. The molecule has 21 heavy (non-hydrogen) atoms. The lowest BCUT2D eigenvalue weighted by molar-refractivity contribution is -0.115. The van der Waals surface area contributed by atoms with E-state index in [9.17, 15) is 4.79 Å². The Morgan fingerprint density at radius 3 is 2.00 bits per heavy atom. The van der Waals surface area contributed by atoms with E-state index in [0.29, 0.717) is 13.0 Å². The molecule has 2 aromatic rings. The van der Waals surface area contributed by atoms with Crippen molar-refractivity contribution in [3.05, 3.63) is 83.1 Å². The van der Waals surface area contributed by atoms with Crippen LogP contribution in [0.5, 0.6) is 0 Å². The minimum Gasteiger partial charge on any atom is -0.384 e. The zero-order valence-electron chi connectivity index (χ0n) is 11.8. The Hall–Kier alpha value is -2.61. The highest BCUT2D eigenvalue weighted by atomic mass is 16.1. The number of allylic oxidation sites excluding steroid dienone is 1. The number of piperidine rings is 1. The number of nitrogens with one attached hydrogen (secondary N) is 1. The highest BCUT2D eigenvalue weighted by Crippen LogP contribution is 2.21. The van der Waals surface area contributed by atoms with Crippen LogP contribution in [-0.2, 0) is 4.79 Å². The molecule has 0 atom stereocenters. The van der Waals surface area contributed by atoms with Gasteiger partial charge in [-0.25, -0.2) is 0 Å². The first-order valence-electron chi connectivity index (χ1n) is 7.14. The Labute approximate surface area is 124 Å². The molecule has 0 aliphatic carbocycles. The molecule has 1 fully saturated rings. The molecular formula is C19H17NO. The molecule has 104 valence electrons. The van der Waals surface area contributed by atoms with Gasteiger partial charge in [-0.1, -0.05) is 60.7 Å². The fraction of sp³-hybridized carbons (Fsp3) is 0.105. The fourth-order valence-electron chi connectivity index (χ4n) is 2.41. The van der Waals surface area contributed by atoms with E-state index in [4.69, 9.17) is 0 Å². The van der Waals surface area contributed by atoms with E-state index in [2.05, 4.69) is 5.32 Å². The summed E-state index contributed by atoms with van der Waals surface area (Å²) in [5.74, 6) is 0.194. The first-order chi connectivity index (χ1) is 10.3. The fourth-order valence-corrected chi connectivity index (χ4v) is 2.41. The van der Waals surface area contributed by atoms with Gasteiger partial charge in [0.05, 0.1) is 0 Å². The van der Waals surface area contributed by atoms with Gasteiger partial charge in [0, 0.05) is 24.2 Å². The lowest BCUT2D eigenvalue weighted by Crippen LogP contribution is -2.28. The van der Waals surface area contributed by atoms with Gasteiger partial charge in [0.25, 0.3) is 0 Å². The van der Waals surface area contributed by atoms with Crippen LogP contribution in [-0.4, -0.2) is 12.3 Å². The maximum atomic E-state index is 12.3. The van der Waals surface area contributed by atoms with E-state index in [1.54, 1.807) is 0 Å². The molecule has 1 aliphatic rings. The average molecular weight is 275 g/mol. The highest BCUT2D eigenvalue weighted by Gasteiger charge is 2.19. The third kappa shape index (κ3) is 3.29. The van der Waals surface area contributed by atoms with E-state index in [1.165, 1.54) is 0 Å². The van der Waals surface area contributed by atoms with Gasteiger partial charge in [-0.05, 0) is 23.3 Å². The van der Waals surface area contributed by atoms with Crippen LogP contribution in [0.3, 0.4) is 0 Å². The Kier molecular flexibility index (Phi) is 3.97. The molecule has 0 saturated carbocycles. The van der Waals surface area contributed by atoms with Crippen molar-refractivity contribution in [2.75, 3.05) is 6.54 Å². The van der Waals surface area contributed by atoms with Crippen LogP contribution >= 0.6 is 0 Å². The second-order valence-corrected chi connectivity index (χ2v) is 5.04. The lowest BCUT2D eigenvalue weighted by atomic mass is 9.97. The second-order valence-electron chi connectivity index (χ2n) is 5.04. The SMILES string of the molecule is O=C1CCNC(=Cc2ccccc2)C1=Cc1ccccc1. The van der Waals surface area contributed by atoms with Crippen molar-refractivity contribution in [1.29, 1.82) is 0 Å². The minimum atomic E-state index is 0.194. The largest absolute Gasteiger partial charge is 0.384 e. The first-order valence-corrected chi connectivity index (χ1v) is 7.14. The molecule has 1 heterocycles. The number of Topliss-reactive ketones (excluding diaryl/α,β-unsaturated/α-hetero) is 1. The second kappa shape index (κ2) is 6.23. The molecule has 0 unspecified atom stereocenters. The Morgan fingerprint density at radius 2 is 1.38 bits per heavy atom. The minimum absolute atomic E-state index is 0.194. The Bertz CT molecular complexity index is 684. The van der Waals surface area contributed by atoms with Gasteiger partial charge >= 0.3 is 0 Å². The number of carbonyl (C=O) groups is 1. The Morgan fingerprint density at radius 1 is 0.810 bits per heavy atom. The zero-order chi connectivity index (χ0) is 14.5. The number of carbonyl (C=O) groups excluding carboxylic acids is 1. The molecule has 0 spiro atoms. The van der Waals surface area contributed by atoms with E-state index < -0.39 is 0 Å². The van der Waals surface area contributed by atoms with Crippen LogP contribution in [0.4, 0.5) is 0 Å². The molecule has 1 N–H and O–H groups in total. The summed E-state index contributed by atoms with van der Waals surface area (Å²) in [4.78, 5) is 12.3. The van der Waals surface area contributed by atoms with Gasteiger partial charge < -0.3 is 5.32 Å². The predicted molar refractivity (Wildman–Crippen MR) is 86.5 cm³/mol. The third-order valence-electron chi connectivity index (χ3n) is 3.48. The van der Waals surface area contributed by atoms with Gasteiger partial charge in [0.15, 0.2) is 5.78 Å². The van der Waals surface area contributed by atoms with Crippen molar-refractivity contribution in [3.8, 4) is 0 Å². The van der Waals surface area contributed by atoms with Gasteiger partial charge in [0.2, 0.25) is 0 Å². The van der Waals surface area contributed by atoms with Crippen LogP contribution < -0.4 is 5.32 Å². The molecule has 0 aromatic heterocycles. The van der Waals surface area contributed by atoms with Crippen molar-refractivity contribution in [2.45, 2.75) is 6.42 Å². The number of rotatable bonds is 2. The van der Waals surface area contributed by atoms with Gasteiger partial charge in [-0.3, -0.25) is 4.79 Å². The number of ketones is 1. The smallest absolute Gasteiger partial charge is 0.166 e. The van der Waals surface area contributed by atoms with Crippen LogP contribution in [0.15, 0.2) is 71.9 Å². The summed E-state index contributed by atoms with van der Waals surface area (Å²) >= 11 is 0. The first kappa shape index (κ1) is 13.4. The summed E-state index contributed by atoms with van der Waals surface area (Å²) < 4.78 is 0. The van der Waals surface area contributed by atoms with E-state index in [-0.39, 0.29) is 5.78 Å². The molecule has 1 saturated heterocycles. The number of hydrogen-bond donors (Lipinski definition) is 1. The quantitative estimate of drug-likeness (QED) is 0.847. The molecule has 0 amide bonds. The Balaban J connectivity index is 1.99. The van der Waals surface area contributed by atoms with Crippen molar-refractivity contribution in [3.63, 3.8) is 0 Å². The summed E-state index contributed by atoms with van der Waals surface area (Å²) in [6.45, 7) is 0.698. The van der Waals surface area contributed by atoms with E-state index in [1.807, 2.05) is 72.8 Å². The van der Waals surface area contributed by atoms with E-state index >= 15 is 0 Å². The van der Waals surface area contributed by atoms with Crippen LogP contribution in [0.2, 0.25) is 0 Å². The van der Waals surface area contributed by atoms with Crippen LogP contribution in [0, 0.1) is 0 Å². The summed E-state index contributed by atoms with van der Waals surface area (Å²) in [6.07, 6.45) is 4.54. The van der Waals surface area contributed by atoms with Crippen molar-refractivity contribution in [1.82, 2.24) is 5.32 Å². The summed E-state index contributed by atoms with van der Waals surface area (Å²) in [5.41, 5.74) is 3.80. The summed E-state index contributed by atoms with van der Waals surface area (Å²) in [5, 5.41) is 3.34. The maximum absolute atomic E-state index is 12.3. The molecule has 2 heteroatoms. The molecule has 2 nitrogen and oxygen atoms in total. The topological polar surface area (TPSA) is 29.1 Å². The molecular weight excluding hydrogens is 258 g/mol. The zero-order valence-corrected chi connectivity index (χ0v) is 11.8. The van der Waals surface area contributed by atoms with Crippen molar-refractivity contribution < 1.29 is 4.79 Å². The normalized spacial score (nSPS) is 18.8. The summed E-state index contributed by atoms with van der Waals surface area (Å²) in [7, 11) is 0. The summed E-state index contributed by atoms with van der Waals surface area (Å²) in [6, 6.07) is 20.0. The third-order valence-corrected chi connectivity index (χ3v) is 3.48. The van der Waals surface area contributed by atoms with Gasteiger partial charge in [-0.2, -0.15) is 0 Å². The highest BCUT2D eigenvalue weighted by molar-refractivity contribution is 6.05. The number of hydrogen-bond acceptors (Lipinski definition) is 2. The molecule has 0 radical (unpaired) electrons. The molecule has 2 aromatic carbocycles. The monoisotopic (exact) mass is 275 g/mol. The van der Waals surface area contributed by atoms with Crippen LogP contribution in [0.25, 0.3) is 12.2 Å². The van der Waals surface area contributed by atoms with Crippen molar-refractivity contribution in [2.24, 2.45) is 0 Å². The van der Waals surface area contributed by atoms with Crippen LogP contribution in [0.1, 0.15) is 17.5 Å². The number of benzene rings is 2. The molecule has 0 bridgehead atoms. The molecule has 1 aliphatic heterocycles. The molecule has 3 rings (SSSR count). The lowest BCUT2D eigenvalue weighted by Gasteiger charge is -2.19. The van der Waals surface area contributed by atoms with E-state index in [0.717, 1.165) is 22.4 Å². The standard InChI is InChI=1S/C19H17NO/c21-19-11-12-20-18(14-16-9-5-2-6-10-16)17(19)13-15-7-3-1-4-8-15/h1-10,13-14,20H,11-12H2. The van der Waals surface area contributed by atoms with Crippen molar-refractivity contribution >= 4 is 17.9 Å². The predicted octanol–water partition coefficient (Wildman–Crippen LogP) is 3.67. The van der Waals surface area contributed by atoms with Gasteiger partial charge in [0.1, 0.15) is 0 Å².